The number of esters is 1. The first kappa shape index (κ1) is 18.5. The Hall–Kier alpha value is -2.28. The molecule has 1 saturated heterocycles. The van der Waals surface area contributed by atoms with E-state index in [1.165, 1.54) is 26.4 Å². The van der Waals surface area contributed by atoms with E-state index in [2.05, 4.69) is 15.4 Å². The second-order valence-electron chi connectivity index (χ2n) is 6.94. The molecular formula is C19H26N2O5. The molecule has 0 unspecified atom stereocenters. The summed E-state index contributed by atoms with van der Waals surface area (Å²) in [5.41, 5.74) is 0.633. The third kappa shape index (κ3) is 4.88. The van der Waals surface area contributed by atoms with E-state index in [4.69, 9.17) is 9.47 Å². The number of amides is 2. The zero-order valence-electron chi connectivity index (χ0n) is 15.1. The number of benzene rings is 1. The number of methoxy groups -OCH3 is 1. The van der Waals surface area contributed by atoms with Crippen LogP contribution in [0.1, 0.15) is 38.5 Å². The molecule has 2 fully saturated rings. The van der Waals surface area contributed by atoms with Gasteiger partial charge in [0.1, 0.15) is 5.75 Å². The van der Waals surface area contributed by atoms with Crippen molar-refractivity contribution >= 4 is 17.7 Å². The van der Waals surface area contributed by atoms with Crippen LogP contribution in [0.2, 0.25) is 0 Å². The number of hydrogen-bond donors (Lipinski definition) is 2. The standard InChI is InChI=1S/C19H26N2O5/c1-24-17(22)13-25-16-7-5-14(6-8-16)20-18(23)21-15-11-19(26-12-15)9-3-2-4-10-19/h5-8,15H,2-4,9-13H2,1H3,(H2,20,21,23)/t15-/m1/s1. The van der Waals surface area contributed by atoms with Gasteiger partial charge in [0.25, 0.3) is 0 Å². The van der Waals surface area contributed by atoms with Crippen molar-refractivity contribution in [2.24, 2.45) is 0 Å². The Bertz CT molecular complexity index is 625. The largest absolute Gasteiger partial charge is 0.482 e. The highest BCUT2D eigenvalue weighted by molar-refractivity contribution is 5.89. The Kier molecular flexibility index (Phi) is 5.98. The van der Waals surface area contributed by atoms with Crippen LogP contribution in [-0.4, -0.2) is 44.0 Å². The molecule has 1 atom stereocenters. The van der Waals surface area contributed by atoms with Crippen LogP contribution in [0.15, 0.2) is 24.3 Å². The minimum Gasteiger partial charge on any atom is -0.482 e. The van der Waals surface area contributed by atoms with Gasteiger partial charge in [0.15, 0.2) is 6.61 Å². The predicted molar refractivity (Wildman–Crippen MR) is 96.3 cm³/mol. The zero-order valence-corrected chi connectivity index (χ0v) is 15.1. The lowest BCUT2D eigenvalue weighted by Gasteiger charge is -2.32. The molecule has 26 heavy (non-hydrogen) atoms. The van der Waals surface area contributed by atoms with Crippen molar-refractivity contribution < 1.29 is 23.8 Å². The summed E-state index contributed by atoms with van der Waals surface area (Å²) in [6, 6.07) is 6.63. The maximum Gasteiger partial charge on any atom is 0.343 e. The monoisotopic (exact) mass is 362 g/mol. The molecule has 1 spiro atoms. The third-order valence-corrected chi connectivity index (χ3v) is 5.01. The van der Waals surface area contributed by atoms with Gasteiger partial charge in [-0.3, -0.25) is 0 Å². The second kappa shape index (κ2) is 8.40. The van der Waals surface area contributed by atoms with Gasteiger partial charge in [0.05, 0.1) is 25.4 Å². The van der Waals surface area contributed by atoms with Gasteiger partial charge in [0.2, 0.25) is 0 Å². The van der Waals surface area contributed by atoms with Gasteiger partial charge in [-0.2, -0.15) is 0 Å². The van der Waals surface area contributed by atoms with Crippen molar-refractivity contribution in [2.75, 3.05) is 25.6 Å². The Morgan fingerprint density at radius 2 is 1.92 bits per heavy atom. The fourth-order valence-corrected chi connectivity index (χ4v) is 3.67. The van der Waals surface area contributed by atoms with Crippen LogP contribution < -0.4 is 15.4 Å². The molecule has 2 amide bonds. The van der Waals surface area contributed by atoms with E-state index < -0.39 is 5.97 Å². The molecule has 0 aromatic heterocycles. The number of urea groups is 1. The zero-order chi connectivity index (χ0) is 18.4. The van der Waals surface area contributed by atoms with Crippen molar-refractivity contribution in [1.29, 1.82) is 0 Å². The first-order chi connectivity index (χ1) is 12.6. The van der Waals surface area contributed by atoms with E-state index in [-0.39, 0.29) is 24.3 Å². The van der Waals surface area contributed by atoms with Crippen molar-refractivity contribution in [1.82, 2.24) is 5.32 Å². The van der Waals surface area contributed by atoms with E-state index in [1.807, 2.05) is 0 Å². The molecule has 7 heteroatoms. The highest BCUT2D eigenvalue weighted by Gasteiger charge is 2.41. The molecular weight excluding hydrogens is 336 g/mol. The molecule has 2 aliphatic rings. The quantitative estimate of drug-likeness (QED) is 0.787. The number of hydrogen-bond acceptors (Lipinski definition) is 5. The number of nitrogens with one attached hydrogen (secondary N) is 2. The number of anilines is 1. The maximum atomic E-state index is 12.2. The first-order valence-corrected chi connectivity index (χ1v) is 9.10. The lowest BCUT2D eigenvalue weighted by molar-refractivity contribution is -0.142. The minimum atomic E-state index is -0.443. The Labute approximate surface area is 153 Å². The number of rotatable bonds is 5. The summed E-state index contributed by atoms with van der Waals surface area (Å²) in [5, 5.41) is 5.80. The maximum absolute atomic E-state index is 12.2. The third-order valence-electron chi connectivity index (χ3n) is 5.01. The molecule has 3 rings (SSSR count). The molecule has 0 bridgehead atoms. The van der Waals surface area contributed by atoms with Gasteiger partial charge in [-0.1, -0.05) is 19.3 Å². The second-order valence-corrected chi connectivity index (χ2v) is 6.94. The van der Waals surface area contributed by atoms with Crippen LogP contribution in [0.4, 0.5) is 10.5 Å². The molecule has 7 nitrogen and oxygen atoms in total. The average Bonchev–Trinajstić information content (AvgIpc) is 3.03. The van der Waals surface area contributed by atoms with Gasteiger partial charge in [0, 0.05) is 5.69 Å². The van der Waals surface area contributed by atoms with Crippen molar-refractivity contribution in [3.8, 4) is 5.75 Å². The van der Waals surface area contributed by atoms with Crippen molar-refractivity contribution in [2.45, 2.75) is 50.2 Å². The molecule has 1 aromatic rings. The van der Waals surface area contributed by atoms with Crippen LogP contribution in [-0.2, 0) is 14.3 Å². The van der Waals surface area contributed by atoms with Crippen LogP contribution in [0, 0.1) is 0 Å². The summed E-state index contributed by atoms with van der Waals surface area (Å²) in [7, 11) is 1.31. The first-order valence-electron chi connectivity index (χ1n) is 9.10. The molecule has 0 radical (unpaired) electrons. The molecule has 1 aromatic carbocycles. The van der Waals surface area contributed by atoms with E-state index in [0.29, 0.717) is 18.0 Å². The lowest BCUT2D eigenvalue weighted by atomic mass is 9.82. The predicted octanol–water partition coefficient (Wildman–Crippen LogP) is 2.85. The summed E-state index contributed by atoms with van der Waals surface area (Å²) < 4.78 is 15.8. The smallest absolute Gasteiger partial charge is 0.343 e. The summed E-state index contributed by atoms with van der Waals surface area (Å²) in [5.74, 6) is 0.0888. The van der Waals surface area contributed by atoms with Gasteiger partial charge in [-0.25, -0.2) is 9.59 Å². The molecule has 1 heterocycles. The van der Waals surface area contributed by atoms with E-state index in [9.17, 15) is 9.59 Å². The van der Waals surface area contributed by atoms with E-state index >= 15 is 0 Å². The fraction of sp³-hybridized carbons (Fsp3) is 0.579. The summed E-state index contributed by atoms with van der Waals surface area (Å²) >= 11 is 0. The summed E-state index contributed by atoms with van der Waals surface area (Å²) in [6.45, 7) is 0.431. The summed E-state index contributed by atoms with van der Waals surface area (Å²) in [4.78, 5) is 23.3. The van der Waals surface area contributed by atoms with Crippen molar-refractivity contribution in [3.05, 3.63) is 24.3 Å². The Morgan fingerprint density at radius 3 is 2.62 bits per heavy atom. The van der Waals surface area contributed by atoms with Crippen molar-refractivity contribution in [3.63, 3.8) is 0 Å². The van der Waals surface area contributed by atoms with E-state index in [1.54, 1.807) is 24.3 Å². The minimum absolute atomic E-state index is 0.0190. The molecule has 1 saturated carbocycles. The SMILES string of the molecule is COC(=O)COc1ccc(NC(=O)N[C@H]2COC3(CCCCC3)C2)cc1. The van der Waals surface area contributed by atoms with Crippen LogP contribution in [0.25, 0.3) is 0 Å². The van der Waals surface area contributed by atoms with Gasteiger partial charge in [-0.15, -0.1) is 0 Å². The Morgan fingerprint density at radius 1 is 1.19 bits per heavy atom. The summed E-state index contributed by atoms with van der Waals surface area (Å²) in [6.07, 6.45) is 6.79. The molecule has 142 valence electrons. The average molecular weight is 362 g/mol. The van der Waals surface area contributed by atoms with Gasteiger partial charge < -0.3 is 24.8 Å². The highest BCUT2D eigenvalue weighted by atomic mass is 16.6. The number of ether oxygens (including phenoxy) is 3. The Balaban J connectivity index is 1.44. The number of carbonyl (C=O) groups is 2. The van der Waals surface area contributed by atoms with Crippen LogP contribution in [0.5, 0.6) is 5.75 Å². The molecule has 2 N–H and O–H groups in total. The van der Waals surface area contributed by atoms with Crippen LogP contribution in [0.3, 0.4) is 0 Å². The molecule has 1 aliphatic carbocycles. The highest BCUT2D eigenvalue weighted by Crippen LogP contribution is 2.39. The molecule has 1 aliphatic heterocycles. The van der Waals surface area contributed by atoms with E-state index in [0.717, 1.165) is 19.3 Å². The van der Waals surface area contributed by atoms with Crippen LogP contribution >= 0.6 is 0 Å². The number of carbonyl (C=O) groups excluding carboxylic acids is 2. The van der Waals surface area contributed by atoms with Gasteiger partial charge in [-0.05, 0) is 43.5 Å². The topological polar surface area (TPSA) is 85.9 Å². The fourth-order valence-electron chi connectivity index (χ4n) is 3.67. The normalized spacial score (nSPS) is 21.2. The van der Waals surface area contributed by atoms with Gasteiger partial charge >= 0.3 is 12.0 Å². The lowest BCUT2D eigenvalue weighted by Crippen LogP contribution is -2.39.